The van der Waals surface area contributed by atoms with Crippen LogP contribution in [0.1, 0.15) is 31.2 Å². The summed E-state index contributed by atoms with van der Waals surface area (Å²) in [6.45, 7) is 0.636. The van der Waals surface area contributed by atoms with Crippen molar-refractivity contribution in [1.29, 1.82) is 0 Å². The van der Waals surface area contributed by atoms with Gasteiger partial charge in [-0.1, -0.05) is 37.1 Å². The van der Waals surface area contributed by atoms with Crippen molar-refractivity contribution < 1.29 is 0 Å². The zero-order chi connectivity index (χ0) is 13.1. The quantitative estimate of drug-likeness (QED) is 0.674. The van der Waals surface area contributed by atoms with Gasteiger partial charge in [0, 0.05) is 17.5 Å². The fourth-order valence-electron chi connectivity index (χ4n) is 2.82. The Morgan fingerprint density at radius 2 is 2.00 bits per heavy atom. The Bertz CT molecular complexity index is 592. The van der Waals surface area contributed by atoms with Gasteiger partial charge < -0.3 is 5.73 Å². The lowest BCUT2D eigenvalue weighted by Crippen LogP contribution is -2.21. The van der Waals surface area contributed by atoms with E-state index in [1.807, 2.05) is 12.3 Å². The normalized spacial score (nSPS) is 17.2. The molecule has 1 saturated carbocycles. The molecular weight excluding hydrogens is 234 g/mol. The van der Waals surface area contributed by atoms with Gasteiger partial charge in [-0.05, 0) is 24.5 Å². The lowest BCUT2D eigenvalue weighted by atomic mass is 10.1. The Kier molecular flexibility index (Phi) is 3.45. The standard InChI is InChI=1S/C16H19N3/c17-16(13-5-1-2-6-13)19-11-14-8-3-7-12-9-4-10-18-15(12)14/h3-4,7-10,13H,1-2,5-6,11H2,(H2,17,19). The Morgan fingerprint density at radius 1 is 1.21 bits per heavy atom. The third-order valence-corrected chi connectivity index (χ3v) is 3.92. The molecule has 19 heavy (non-hydrogen) atoms. The summed E-state index contributed by atoms with van der Waals surface area (Å²) in [5.74, 6) is 1.33. The number of hydrogen-bond acceptors (Lipinski definition) is 2. The first-order chi connectivity index (χ1) is 9.34. The number of hydrogen-bond donors (Lipinski definition) is 1. The maximum absolute atomic E-state index is 6.10. The van der Waals surface area contributed by atoms with Crippen molar-refractivity contribution in [2.24, 2.45) is 16.6 Å². The molecule has 2 N–H and O–H groups in total. The lowest BCUT2D eigenvalue weighted by Gasteiger charge is -2.09. The van der Waals surface area contributed by atoms with E-state index < -0.39 is 0 Å². The number of aromatic nitrogens is 1. The fourth-order valence-corrected chi connectivity index (χ4v) is 2.82. The van der Waals surface area contributed by atoms with Crippen molar-refractivity contribution in [2.45, 2.75) is 32.2 Å². The Balaban J connectivity index is 1.83. The molecule has 0 unspecified atom stereocenters. The molecule has 0 amide bonds. The van der Waals surface area contributed by atoms with Crippen LogP contribution >= 0.6 is 0 Å². The number of pyridine rings is 1. The minimum atomic E-state index is 0.503. The molecule has 3 rings (SSSR count). The third kappa shape index (κ3) is 2.60. The SMILES string of the molecule is NC(=NCc1cccc2cccnc12)C1CCCC1. The molecule has 1 heterocycles. The van der Waals surface area contributed by atoms with Gasteiger partial charge in [-0.15, -0.1) is 0 Å². The van der Waals surface area contributed by atoms with Gasteiger partial charge in [0.15, 0.2) is 0 Å². The second-order valence-electron chi connectivity index (χ2n) is 5.21. The van der Waals surface area contributed by atoms with Crippen molar-refractivity contribution in [3.63, 3.8) is 0 Å². The number of para-hydroxylation sites is 1. The highest BCUT2D eigenvalue weighted by molar-refractivity contribution is 5.84. The molecule has 98 valence electrons. The minimum absolute atomic E-state index is 0.503. The highest BCUT2D eigenvalue weighted by atomic mass is 14.9. The molecule has 3 heteroatoms. The molecular formula is C16H19N3. The lowest BCUT2D eigenvalue weighted by molar-refractivity contribution is 0.715. The van der Waals surface area contributed by atoms with Gasteiger partial charge in [-0.25, -0.2) is 0 Å². The van der Waals surface area contributed by atoms with Crippen LogP contribution in [0, 0.1) is 5.92 Å². The van der Waals surface area contributed by atoms with Gasteiger partial charge in [0.25, 0.3) is 0 Å². The van der Waals surface area contributed by atoms with E-state index >= 15 is 0 Å². The van der Waals surface area contributed by atoms with E-state index in [0.717, 1.165) is 22.3 Å². The first-order valence-corrected chi connectivity index (χ1v) is 6.97. The monoisotopic (exact) mass is 253 g/mol. The molecule has 3 nitrogen and oxygen atoms in total. The predicted octanol–water partition coefficient (Wildman–Crippen LogP) is 3.28. The molecule has 0 bridgehead atoms. The average Bonchev–Trinajstić information content (AvgIpc) is 2.99. The molecule has 0 aliphatic heterocycles. The molecule has 0 spiro atoms. The smallest absolute Gasteiger partial charge is 0.0972 e. The van der Waals surface area contributed by atoms with Crippen LogP contribution in [0.5, 0.6) is 0 Å². The Labute approximate surface area is 113 Å². The van der Waals surface area contributed by atoms with Gasteiger partial charge in [-0.3, -0.25) is 9.98 Å². The highest BCUT2D eigenvalue weighted by Gasteiger charge is 2.18. The molecule has 1 aromatic carbocycles. The molecule has 2 aromatic rings. The molecule has 1 fully saturated rings. The topological polar surface area (TPSA) is 51.3 Å². The van der Waals surface area contributed by atoms with Crippen LogP contribution in [0.15, 0.2) is 41.5 Å². The van der Waals surface area contributed by atoms with E-state index in [1.54, 1.807) is 0 Å². The van der Waals surface area contributed by atoms with Crippen molar-refractivity contribution in [1.82, 2.24) is 4.98 Å². The second-order valence-corrected chi connectivity index (χ2v) is 5.21. The summed E-state index contributed by atoms with van der Waals surface area (Å²) < 4.78 is 0. The van der Waals surface area contributed by atoms with Crippen molar-refractivity contribution >= 4 is 16.7 Å². The van der Waals surface area contributed by atoms with Gasteiger partial charge in [0.2, 0.25) is 0 Å². The average molecular weight is 253 g/mol. The van der Waals surface area contributed by atoms with E-state index in [-0.39, 0.29) is 0 Å². The predicted molar refractivity (Wildman–Crippen MR) is 79.0 cm³/mol. The van der Waals surface area contributed by atoms with E-state index in [2.05, 4.69) is 34.2 Å². The molecule has 0 saturated heterocycles. The summed E-state index contributed by atoms with van der Waals surface area (Å²) in [4.78, 5) is 9.03. The van der Waals surface area contributed by atoms with E-state index in [9.17, 15) is 0 Å². The van der Waals surface area contributed by atoms with Crippen LogP contribution < -0.4 is 5.73 Å². The van der Waals surface area contributed by atoms with E-state index in [0.29, 0.717) is 12.5 Å². The minimum Gasteiger partial charge on any atom is -0.387 e. The number of nitrogens with zero attached hydrogens (tertiary/aromatic N) is 2. The summed E-state index contributed by atoms with van der Waals surface area (Å²) in [5, 5.41) is 1.16. The highest BCUT2D eigenvalue weighted by Crippen LogP contribution is 2.25. The van der Waals surface area contributed by atoms with Gasteiger partial charge in [-0.2, -0.15) is 0 Å². The second kappa shape index (κ2) is 5.39. The largest absolute Gasteiger partial charge is 0.387 e. The fraction of sp³-hybridized carbons (Fsp3) is 0.375. The Hall–Kier alpha value is -1.90. The van der Waals surface area contributed by atoms with Crippen molar-refractivity contribution in [3.05, 3.63) is 42.1 Å². The van der Waals surface area contributed by atoms with Gasteiger partial charge >= 0.3 is 0 Å². The van der Waals surface area contributed by atoms with Gasteiger partial charge in [0.1, 0.15) is 0 Å². The number of fused-ring (bicyclic) bond motifs is 1. The number of amidine groups is 1. The van der Waals surface area contributed by atoms with Crippen molar-refractivity contribution in [3.8, 4) is 0 Å². The maximum Gasteiger partial charge on any atom is 0.0972 e. The van der Waals surface area contributed by atoms with Crippen LogP contribution in [-0.2, 0) is 6.54 Å². The summed E-state index contributed by atoms with van der Waals surface area (Å²) in [6.07, 6.45) is 6.80. The summed E-state index contributed by atoms with van der Waals surface area (Å²) in [5.41, 5.74) is 8.29. The maximum atomic E-state index is 6.10. The van der Waals surface area contributed by atoms with Crippen LogP contribution in [0.2, 0.25) is 0 Å². The zero-order valence-electron chi connectivity index (χ0n) is 11.0. The van der Waals surface area contributed by atoms with Crippen LogP contribution in [-0.4, -0.2) is 10.8 Å². The van der Waals surface area contributed by atoms with Crippen LogP contribution in [0.25, 0.3) is 10.9 Å². The molecule has 0 atom stereocenters. The van der Waals surface area contributed by atoms with Crippen LogP contribution in [0.4, 0.5) is 0 Å². The number of rotatable bonds is 3. The summed E-state index contributed by atoms with van der Waals surface area (Å²) >= 11 is 0. The molecule has 0 radical (unpaired) electrons. The summed E-state index contributed by atoms with van der Waals surface area (Å²) in [6, 6.07) is 10.3. The summed E-state index contributed by atoms with van der Waals surface area (Å²) in [7, 11) is 0. The number of aliphatic imine (C=N–C) groups is 1. The molecule has 1 aliphatic carbocycles. The molecule has 1 aromatic heterocycles. The number of benzene rings is 1. The first-order valence-electron chi connectivity index (χ1n) is 6.97. The molecule has 1 aliphatic rings. The van der Waals surface area contributed by atoms with Crippen molar-refractivity contribution in [2.75, 3.05) is 0 Å². The first kappa shape index (κ1) is 12.2. The third-order valence-electron chi connectivity index (χ3n) is 3.92. The Morgan fingerprint density at radius 3 is 2.84 bits per heavy atom. The van der Waals surface area contributed by atoms with E-state index in [4.69, 9.17) is 5.73 Å². The van der Waals surface area contributed by atoms with Gasteiger partial charge in [0.05, 0.1) is 17.9 Å². The zero-order valence-corrected chi connectivity index (χ0v) is 11.0. The van der Waals surface area contributed by atoms with Crippen LogP contribution in [0.3, 0.4) is 0 Å². The number of nitrogens with two attached hydrogens (primary N) is 1. The van der Waals surface area contributed by atoms with E-state index in [1.165, 1.54) is 25.7 Å².